The fraction of sp³-hybridized carbons (Fsp3) is 0.250. The number of piperazine rings is 1. The molecule has 0 aliphatic carbocycles. The maximum absolute atomic E-state index is 12.6. The van der Waals surface area contributed by atoms with Gasteiger partial charge in [0.2, 0.25) is 11.8 Å². The van der Waals surface area contributed by atoms with Crippen LogP contribution in [0.3, 0.4) is 0 Å². The first-order chi connectivity index (χ1) is 16.8. The van der Waals surface area contributed by atoms with Crippen LogP contribution in [-0.4, -0.2) is 57.9 Å². The molecule has 0 radical (unpaired) electrons. The number of hydrogen-bond donors (Lipinski definition) is 0. The van der Waals surface area contributed by atoms with Gasteiger partial charge in [-0.1, -0.05) is 6.07 Å². The molecule has 182 valence electrons. The number of alkyl halides is 3. The molecule has 2 amide bonds. The van der Waals surface area contributed by atoms with Gasteiger partial charge < -0.3 is 19.3 Å². The van der Waals surface area contributed by atoms with Crippen LogP contribution in [0.1, 0.15) is 11.3 Å². The Hall–Kier alpha value is -4.15. The van der Waals surface area contributed by atoms with Gasteiger partial charge in [0.15, 0.2) is 0 Å². The second-order valence-electron chi connectivity index (χ2n) is 7.69. The molecule has 1 aromatic carbocycles. The first kappa shape index (κ1) is 24.0. The van der Waals surface area contributed by atoms with E-state index in [1.165, 1.54) is 29.2 Å². The summed E-state index contributed by atoms with van der Waals surface area (Å²) in [7, 11) is 0. The Morgan fingerprint density at radius 3 is 2.14 bits per heavy atom. The van der Waals surface area contributed by atoms with Crippen LogP contribution in [0.4, 0.5) is 18.0 Å². The van der Waals surface area contributed by atoms with Crippen molar-refractivity contribution in [3.05, 3.63) is 78.2 Å². The van der Waals surface area contributed by atoms with E-state index in [4.69, 9.17) is 9.47 Å². The van der Waals surface area contributed by atoms with Crippen molar-refractivity contribution >= 4 is 12.0 Å². The highest BCUT2D eigenvalue weighted by Crippen LogP contribution is 2.30. The van der Waals surface area contributed by atoms with Crippen molar-refractivity contribution in [2.75, 3.05) is 26.2 Å². The second-order valence-corrected chi connectivity index (χ2v) is 7.69. The lowest BCUT2D eigenvalue weighted by Gasteiger charge is -2.34. The number of ether oxygens (including phenoxy) is 2. The first-order valence-corrected chi connectivity index (χ1v) is 10.7. The molecule has 0 bridgehead atoms. The molecule has 4 rings (SSSR count). The van der Waals surface area contributed by atoms with Gasteiger partial charge in [-0.15, -0.1) is 0 Å². The fourth-order valence-corrected chi connectivity index (χ4v) is 3.38. The number of halogens is 3. The minimum absolute atomic E-state index is 0.00166. The monoisotopic (exact) mass is 486 g/mol. The molecule has 1 saturated heterocycles. The Bertz CT molecular complexity index is 1150. The lowest BCUT2D eigenvalue weighted by atomic mass is 10.2. The summed E-state index contributed by atoms with van der Waals surface area (Å²) in [6.45, 7) is 1.47. The van der Waals surface area contributed by atoms with Gasteiger partial charge in [-0.3, -0.25) is 9.78 Å². The van der Waals surface area contributed by atoms with Crippen LogP contribution in [0.5, 0.6) is 17.4 Å². The smallest absolute Gasteiger partial charge is 0.417 e. The number of carbonyl (C=O) groups is 2. The average molecular weight is 486 g/mol. The van der Waals surface area contributed by atoms with E-state index in [2.05, 4.69) is 9.97 Å². The van der Waals surface area contributed by atoms with Crippen LogP contribution in [-0.2, 0) is 17.4 Å². The van der Waals surface area contributed by atoms with Crippen molar-refractivity contribution in [3.63, 3.8) is 0 Å². The lowest BCUT2D eigenvalue weighted by Crippen LogP contribution is -2.51. The molecular weight excluding hydrogens is 465 g/mol. The summed E-state index contributed by atoms with van der Waals surface area (Å²) < 4.78 is 48.7. The molecule has 11 heteroatoms. The van der Waals surface area contributed by atoms with Crippen LogP contribution >= 0.6 is 0 Å². The molecule has 0 N–H and O–H groups in total. The predicted molar refractivity (Wildman–Crippen MR) is 118 cm³/mol. The summed E-state index contributed by atoms with van der Waals surface area (Å²) in [5.41, 5.74) is -0.175. The van der Waals surface area contributed by atoms with Gasteiger partial charge in [-0.2, -0.15) is 13.2 Å². The third-order valence-electron chi connectivity index (χ3n) is 5.26. The first-order valence-electron chi connectivity index (χ1n) is 10.7. The summed E-state index contributed by atoms with van der Waals surface area (Å²) in [6.07, 6.45) is -2.47. The summed E-state index contributed by atoms with van der Waals surface area (Å²) >= 11 is 0. The number of carbonyl (C=O) groups excluding carboxylic acids is 2. The van der Waals surface area contributed by atoms with Gasteiger partial charge in [-0.25, -0.2) is 9.78 Å². The van der Waals surface area contributed by atoms with E-state index < -0.39 is 17.8 Å². The molecule has 0 saturated carbocycles. The Labute approximate surface area is 198 Å². The minimum Gasteiger partial charge on any atom is -0.439 e. The Morgan fingerprint density at radius 2 is 1.54 bits per heavy atom. The summed E-state index contributed by atoms with van der Waals surface area (Å²) in [5.74, 6) is 0.543. The van der Waals surface area contributed by atoms with Crippen molar-refractivity contribution in [2.24, 2.45) is 0 Å². The van der Waals surface area contributed by atoms with Crippen molar-refractivity contribution in [1.82, 2.24) is 19.8 Å². The Morgan fingerprint density at radius 1 is 0.857 bits per heavy atom. The van der Waals surface area contributed by atoms with Crippen LogP contribution < -0.4 is 9.47 Å². The van der Waals surface area contributed by atoms with Crippen molar-refractivity contribution in [2.45, 2.75) is 12.6 Å². The number of nitrogens with zero attached hydrogens (tertiary/aromatic N) is 4. The number of benzene rings is 1. The maximum Gasteiger partial charge on any atom is 0.417 e. The largest absolute Gasteiger partial charge is 0.439 e. The summed E-state index contributed by atoms with van der Waals surface area (Å²) in [4.78, 5) is 35.9. The number of aromatic nitrogens is 2. The van der Waals surface area contributed by atoms with E-state index >= 15 is 0 Å². The quantitative estimate of drug-likeness (QED) is 0.538. The zero-order valence-corrected chi connectivity index (χ0v) is 18.4. The van der Waals surface area contributed by atoms with E-state index in [1.54, 1.807) is 23.2 Å². The standard InChI is InChI=1S/C24H21F3N4O4/c25-24(26,27)17-4-9-21(29-16-17)34-19-5-7-20(8-6-19)35-23(33)31-13-11-30(12-14-31)22(32)15-18-3-1-2-10-28-18/h1-10,16H,11-15H2. The van der Waals surface area contributed by atoms with E-state index in [0.29, 0.717) is 43.8 Å². The molecule has 0 unspecified atom stereocenters. The molecule has 0 atom stereocenters. The molecule has 8 nitrogen and oxygen atoms in total. The molecule has 0 spiro atoms. The average Bonchev–Trinajstić information content (AvgIpc) is 2.86. The zero-order valence-electron chi connectivity index (χ0n) is 18.4. The molecule has 3 heterocycles. The number of amides is 2. The van der Waals surface area contributed by atoms with Crippen molar-refractivity contribution in [1.29, 1.82) is 0 Å². The zero-order chi connectivity index (χ0) is 24.8. The maximum atomic E-state index is 12.6. The SMILES string of the molecule is O=C(Cc1ccccn1)N1CCN(C(=O)Oc2ccc(Oc3ccc(C(F)(F)F)cn3)cc2)CC1. The molecule has 1 aliphatic heterocycles. The molecule has 35 heavy (non-hydrogen) atoms. The third-order valence-corrected chi connectivity index (χ3v) is 5.26. The van der Waals surface area contributed by atoms with Crippen LogP contribution in [0.25, 0.3) is 0 Å². The van der Waals surface area contributed by atoms with Gasteiger partial charge in [0.25, 0.3) is 0 Å². The van der Waals surface area contributed by atoms with Crippen LogP contribution in [0, 0.1) is 0 Å². The third kappa shape index (κ3) is 6.46. The van der Waals surface area contributed by atoms with E-state index in [9.17, 15) is 22.8 Å². The highest BCUT2D eigenvalue weighted by Gasteiger charge is 2.30. The van der Waals surface area contributed by atoms with Gasteiger partial charge in [0, 0.05) is 50.3 Å². The Balaban J connectivity index is 1.25. The van der Waals surface area contributed by atoms with Crippen LogP contribution in [0.15, 0.2) is 67.0 Å². The van der Waals surface area contributed by atoms with Gasteiger partial charge in [0.1, 0.15) is 11.5 Å². The Kier molecular flexibility index (Phi) is 7.14. The molecule has 1 aliphatic rings. The highest BCUT2D eigenvalue weighted by atomic mass is 19.4. The molecule has 2 aromatic heterocycles. The van der Waals surface area contributed by atoms with E-state index in [0.717, 1.165) is 12.1 Å². The van der Waals surface area contributed by atoms with Crippen molar-refractivity contribution in [3.8, 4) is 17.4 Å². The fourth-order valence-electron chi connectivity index (χ4n) is 3.38. The molecular formula is C24H21F3N4O4. The number of pyridine rings is 2. The topological polar surface area (TPSA) is 84.9 Å². The second kappa shape index (κ2) is 10.4. The summed E-state index contributed by atoms with van der Waals surface area (Å²) in [5, 5.41) is 0. The van der Waals surface area contributed by atoms with Gasteiger partial charge in [0.05, 0.1) is 12.0 Å². The van der Waals surface area contributed by atoms with E-state index in [-0.39, 0.29) is 24.0 Å². The minimum atomic E-state index is -4.47. The van der Waals surface area contributed by atoms with E-state index in [1.807, 2.05) is 6.07 Å². The van der Waals surface area contributed by atoms with Crippen LogP contribution in [0.2, 0.25) is 0 Å². The number of rotatable bonds is 5. The van der Waals surface area contributed by atoms with Gasteiger partial charge >= 0.3 is 12.3 Å². The van der Waals surface area contributed by atoms with Gasteiger partial charge in [-0.05, 0) is 42.5 Å². The summed E-state index contributed by atoms with van der Waals surface area (Å²) in [6, 6.07) is 13.4. The predicted octanol–water partition coefficient (Wildman–Crippen LogP) is 4.17. The molecule has 3 aromatic rings. The highest BCUT2D eigenvalue weighted by molar-refractivity contribution is 5.79. The normalized spacial score (nSPS) is 13.9. The number of hydrogen-bond acceptors (Lipinski definition) is 6. The molecule has 1 fully saturated rings. The van der Waals surface area contributed by atoms with Crippen molar-refractivity contribution < 1.29 is 32.2 Å². The lowest BCUT2D eigenvalue weighted by molar-refractivity contribution is -0.137.